The fourth-order valence-corrected chi connectivity index (χ4v) is 5.99. The molecule has 1 aliphatic heterocycles. The Balaban J connectivity index is 1.58. The van der Waals surface area contributed by atoms with E-state index in [2.05, 4.69) is 15.0 Å². The van der Waals surface area contributed by atoms with Crippen molar-refractivity contribution in [1.82, 2.24) is 14.9 Å². The number of pyridine rings is 1. The maximum Gasteiger partial charge on any atom is 0.387 e. The molecule has 4 aromatic rings. The van der Waals surface area contributed by atoms with E-state index in [0.717, 1.165) is 6.20 Å². The number of ether oxygens (including phenoxy) is 1. The lowest BCUT2D eigenvalue weighted by molar-refractivity contribution is -0.0498. The van der Waals surface area contributed by atoms with Crippen LogP contribution >= 0.6 is 0 Å². The fourth-order valence-electron chi connectivity index (χ4n) is 4.32. The quantitative estimate of drug-likeness (QED) is 0.413. The van der Waals surface area contributed by atoms with Gasteiger partial charge in [0.15, 0.2) is 9.84 Å². The third kappa shape index (κ3) is 4.92. The van der Waals surface area contributed by atoms with Crippen molar-refractivity contribution in [2.75, 3.05) is 11.5 Å². The second-order valence-corrected chi connectivity index (χ2v) is 10.7. The molecule has 1 N–H and O–H groups in total. The first kappa shape index (κ1) is 23.9. The van der Waals surface area contributed by atoms with Crippen LogP contribution in [0, 0.1) is 5.82 Å². The molecule has 3 heterocycles. The topological polar surface area (TPSA) is 90.3 Å². The first-order chi connectivity index (χ1) is 17.2. The number of carbonyl (C=O) groups excluding carboxylic acids is 1. The molecule has 1 aliphatic rings. The summed E-state index contributed by atoms with van der Waals surface area (Å²) in [7, 11) is -3.16. The van der Waals surface area contributed by atoms with Crippen molar-refractivity contribution >= 4 is 26.6 Å². The molecule has 186 valence electrons. The predicted octanol–water partition coefficient (Wildman–Crippen LogP) is 4.35. The number of fused-ring (bicyclic) bond motifs is 1. The van der Waals surface area contributed by atoms with Gasteiger partial charge in [0.25, 0.3) is 5.91 Å². The second kappa shape index (κ2) is 9.30. The maximum absolute atomic E-state index is 13.5. The number of amides is 1. The molecule has 2 aromatic heterocycles. The molecule has 36 heavy (non-hydrogen) atoms. The minimum atomic E-state index is -3.16. The zero-order chi connectivity index (χ0) is 25.4. The molecule has 0 aliphatic carbocycles. The van der Waals surface area contributed by atoms with Crippen LogP contribution in [-0.4, -0.2) is 48.0 Å². The summed E-state index contributed by atoms with van der Waals surface area (Å²) >= 11 is 0. The van der Waals surface area contributed by atoms with E-state index >= 15 is 0 Å². The van der Waals surface area contributed by atoms with Crippen LogP contribution in [0.3, 0.4) is 0 Å². The first-order valence-corrected chi connectivity index (χ1v) is 12.8. The molecular weight excluding hydrogens is 495 g/mol. The normalized spacial score (nSPS) is 16.9. The van der Waals surface area contributed by atoms with Crippen molar-refractivity contribution in [2.24, 2.45) is 0 Å². The Kier molecular flexibility index (Phi) is 6.17. The molecule has 1 fully saturated rings. The van der Waals surface area contributed by atoms with Crippen LogP contribution in [-0.2, 0) is 9.84 Å². The van der Waals surface area contributed by atoms with Gasteiger partial charge in [0.1, 0.15) is 17.4 Å². The lowest BCUT2D eigenvalue weighted by atomic mass is 10.0. The molecule has 7 nitrogen and oxygen atoms in total. The van der Waals surface area contributed by atoms with E-state index in [4.69, 9.17) is 0 Å². The minimum Gasteiger partial charge on any atom is -0.435 e. The number of hydrogen-bond donors (Lipinski definition) is 1. The zero-order valence-corrected chi connectivity index (χ0v) is 19.5. The van der Waals surface area contributed by atoms with Crippen LogP contribution in [0.25, 0.3) is 27.8 Å². The van der Waals surface area contributed by atoms with Crippen LogP contribution in [0.2, 0.25) is 0 Å². The highest BCUT2D eigenvalue weighted by Crippen LogP contribution is 2.35. The number of sulfone groups is 1. The first-order valence-electron chi connectivity index (χ1n) is 11.0. The summed E-state index contributed by atoms with van der Waals surface area (Å²) < 4.78 is 68.7. The highest BCUT2D eigenvalue weighted by atomic mass is 32.2. The molecule has 0 radical (unpaired) electrons. The van der Waals surface area contributed by atoms with Gasteiger partial charge < -0.3 is 14.6 Å². The summed E-state index contributed by atoms with van der Waals surface area (Å²) in [6.07, 6.45) is 3.14. The number of rotatable bonds is 6. The molecule has 0 unspecified atom stereocenters. The van der Waals surface area contributed by atoms with E-state index in [1.54, 1.807) is 41.1 Å². The van der Waals surface area contributed by atoms with Crippen molar-refractivity contribution in [3.63, 3.8) is 0 Å². The lowest BCUT2D eigenvalue weighted by Crippen LogP contribution is -2.35. The van der Waals surface area contributed by atoms with E-state index < -0.39 is 34.2 Å². The summed E-state index contributed by atoms with van der Waals surface area (Å²) in [4.78, 5) is 17.0. The molecule has 0 saturated carbocycles. The summed E-state index contributed by atoms with van der Waals surface area (Å²) in [5, 5.41) is 3.46. The Morgan fingerprint density at radius 2 is 1.97 bits per heavy atom. The van der Waals surface area contributed by atoms with Gasteiger partial charge in [0.05, 0.1) is 23.2 Å². The molecule has 0 bridgehead atoms. The Hall–Kier alpha value is -3.86. The molecule has 1 amide bonds. The number of benzene rings is 2. The standard InChI is InChI=1S/C25H20F3N3O4S/c26-17-5-7-23(29-12-17)31-13-21(15-2-1-3-19(10-15)35-25(27)28)20-6-4-16(11-22(20)31)24(32)30-18-8-9-36(33,34)14-18/h1-7,10-13,18,25H,8-9,14H2,(H,30,32)/t18-/m0/s1. The Labute approximate surface area is 204 Å². The summed E-state index contributed by atoms with van der Waals surface area (Å²) in [5.41, 5.74) is 2.11. The van der Waals surface area contributed by atoms with Gasteiger partial charge in [-0.1, -0.05) is 18.2 Å². The number of carbonyl (C=O) groups is 1. The van der Waals surface area contributed by atoms with Crippen LogP contribution in [0.4, 0.5) is 13.2 Å². The summed E-state index contributed by atoms with van der Waals surface area (Å²) in [6.45, 7) is -2.97. The van der Waals surface area contributed by atoms with E-state index in [-0.39, 0.29) is 17.3 Å². The highest BCUT2D eigenvalue weighted by Gasteiger charge is 2.29. The second-order valence-electron chi connectivity index (χ2n) is 8.46. The summed E-state index contributed by atoms with van der Waals surface area (Å²) in [6, 6.07) is 13.4. The van der Waals surface area contributed by atoms with Gasteiger partial charge in [0.2, 0.25) is 0 Å². The van der Waals surface area contributed by atoms with E-state index in [9.17, 15) is 26.4 Å². The van der Waals surface area contributed by atoms with Gasteiger partial charge in [-0.05, 0) is 48.4 Å². The molecule has 1 atom stereocenters. The third-order valence-electron chi connectivity index (χ3n) is 5.96. The van der Waals surface area contributed by atoms with Crippen molar-refractivity contribution in [2.45, 2.75) is 19.1 Å². The van der Waals surface area contributed by atoms with Gasteiger partial charge >= 0.3 is 6.61 Å². The van der Waals surface area contributed by atoms with Crippen molar-refractivity contribution in [3.8, 4) is 22.7 Å². The molecular formula is C25H20F3N3O4S. The largest absolute Gasteiger partial charge is 0.435 e. The number of nitrogens with zero attached hydrogens (tertiary/aromatic N) is 2. The predicted molar refractivity (Wildman–Crippen MR) is 128 cm³/mol. The molecule has 2 aromatic carbocycles. The van der Waals surface area contributed by atoms with Gasteiger partial charge in [-0.25, -0.2) is 17.8 Å². The number of alkyl halides is 2. The van der Waals surface area contributed by atoms with Crippen LogP contribution in [0.5, 0.6) is 5.75 Å². The summed E-state index contributed by atoms with van der Waals surface area (Å²) in [5.74, 6) is -0.629. The monoisotopic (exact) mass is 515 g/mol. The van der Waals surface area contributed by atoms with E-state index in [0.29, 0.717) is 39.8 Å². The number of halogens is 3. The number of aromatic nitrogens is 2. The molecule has 5 rings (SSSR count). The molecule has 0 spiro atoms. The van der Waals surface area contributed by atoms with Gasteiger partial charge in [-0.2, -0.15) is 8.78 Å². The zero-order valence-electron chi connectivity index (χ0n) is 18.7. The van der Waals surface area contributed by atoms with E-state index in [1.165, 1.54) is 24.3 Å². The van der Waals surface area contributed by atoms with Crippen LogP contribution < -0.4 is 10.1 Å². The smallest absolute Gasteiger partial charge is 0.387 e. The Morgan fingerprint density at radius 1 is 1.14 bits per heavy atom. The van der Waals surface area contributed by atoms with Crippen molar-refractivity contribution < 1.29 is 31.1 Å². The average Bonchev–Trinajstić information content (AvgIpc) is 3.38. The SMILES string of the molecule is O=C(N[C@H]1CCS(=O)(=O)C1)c1ccc2c(-c3cccc(OC(F)F)c3)cn(-c3ccc(F)cn3)c2c1. The minimum absolute atomic E-state index is 0.00850. The molecule has 11 heteroatoms. The van der Waals surface area contributed by atoms with Crippen LogP contribution in [0.1, 0.15) is 16.8 Å². The molecule has 1 saturated heterocycles. The number of hydrogen-bond acceptors (Lipinski definition) is 5. The maximum atomic E-state index is 13.5. The van der Waals surface area contributed by atoms with Crippen molar-refractivity contribution in [1.29, 1.82) is 0 Å². The third-order valence-corrected chi connectivity index (χ3v) is 7.73. The Morgan fingerprint density at radius 3 is 2.67 bits per heavy atom. The van der Waals surface area contributed by atoms with Gasteiger partial charge in [-0.3, -0.25) is 4.79 Å². The van der Waals surface area contributed by atoms with Gasteiger partial charge in [-0.15, -0.1) is 0 Å². The van der Waals surface area contributed by atoms with Gasteiger partial charge in [0, 0.05) is 28.8 Å². The number of nitrogens with one attached hydrogen (secondary N) is 1. The average molecular weight is 516 g/mol. The lowest BCUT2D eigenvalue weighted by Gasteiger charge is -2.11. The fraction of sp³-hybridized carbons (Fsp3) is 0.200. The van der Waals surface area contributed by atoms with Crippen molar-refractivity contribution in [3.05, 3.63) is 78.4 Å². The highest BCUT2D eigenvalue weighted by molar-refractivity contribution is 7.91. The van der Waals surface area contributed by atoms with E-state index in [1.807, 2.05) is 0 Å². The Bertz CT molecular complexity index is 1550. The van der Waals surface area contributed by atoms with Crippen LogP contribution in [0.15, 0.2) is 67.0 Å².